The molecule has 1 aromatic heterocycles. The molecule has 0 amide bonds. The molecule has 2 aliphatic rings. The molecule has 0 saturated heterocycles. The highest BCUT2D eigenvalue weighted by molar-refractivity contribution is 7.92. The van der Waals surface area contributed by atoms with Crippen LogP contribution in [0.25, 0.3) is 11.3 Å². The number of hydrogen-bond acceptors (Lipinski definition) is 6. The molecule has 1 saturated carbocycles. The smallest absolute Gasteiger partial charge is 0.264 e. The van der Waals surface area contributed by atoms with Gasteiger partial charge in [-0.2, -0.15) is 4.98 Å². The van der Waals surface area contributed by atoms with Gasteiger partial charge in [-0.25, -0.2) is 18.1 Å². The van der Waals surface area contributed by atoms with Gasteiger partial charge in [0.25, 0.3) is 10.0 Å². The van der Waals surface area contributed by atoms with Gasteiger partial charge in [-0.3, -0.25) is 0 Å². The van der Waals surface area contributed by atoms with E-state index in [2.05, 4.69) is 20.0 Å². The van der Waals surface area contributed by atoms with Crippen molar-refractivity contribution in [2.45, 2.75) is 63.3 Å². The summed E-state index contributed by atoms with van der Waals surface area (Å²) in [7, 11) is -3.88. The molecule has 2 N–H and O–H groups in total. The lowest BCUT2D eigenvalue weighted by Gasteiger charge is -2.28. The topological polar surface area (TPSA) is 93.2 Å². The first-order valence-corrected chi connectivity index (χ1v) is 13.8. The van der Waals surface area contributed by atoms with Crippen molar-refractivity contribution >= 4 is 21.7 Å². The second-order valence-corrected chi connectivity index (χ2v) is 11.4. The molecule has 2 heterocycles. The van der Waals surface area contributed by atoms with Gasteiger partial charge in [0.1, 0.15) is 6.61 Å². The molecule has 3 aromatic rings. The summed E-state index contributed by atoms with van der Waals surface area (Å²) in [4.78, 5) is 9.16. The molecule has 7 nitrogen and oxygen atoms in total. The van der Waals surface area contributed by atoms with Crippen molar-refractivity contribution in [3.63, 3.8) is 0 Å². The van der Waals surface area contributed by atoms with Gasteiger partial charge in [0, 0.05) is 17.3 Å². The lowest BCUT2D eigenvalue weighted by Crippen LogP contribution is -2.31. The van der Waals surface area contributed by atoms with Crippen LogP contribution in [0.5, 0.6) is 5.88 Å². The number of rotatable bonds is 3. The zero-order chi connectivity index (χ0) is 24.4. The van der Waals surface area contributed by atoms with E-state index in [1.165, 1.54) is 32.1 Å². The Labute approximate surface area is 207 Å². The molecule has 8 heteroatoms. The van der Waals surface area contributed by atoms with E-state index >= 15 is 0 Å². The van der Waals surface area contributed by atoms with Crippen LogP contribution in [0.3, 0.4) is 0 Å². The van der Waals surface area contributed by atoms with Crippen LogP contribution in [0.4, 0.5) is 11.6 Å². The first-order valence-electron chi connectivity index (χ1n) is 12.4. The SMILES string of the molecule is Cc1cccc(C)c1-c1cc2nc(n1)NS(=O)(=O)c1cccc(c1)N[C@H](CC1CCCCC1)CO2. The van der Waals surface area contributed by atoms with E-state index in [0.717, 1.165) is 28.8 Å². The lowest BCUT2D eigenvalue weighted by atomic mass is 9.85. The van der Waals surface area contributed by atoms with Crippen LogP contribution < -0.4 is 14.8 Å². The van der Waals surface area contributed by atoms with E-state index in [4.69, 9.17) is 4.74 Å². The van der Waals surface area contributed by atoms with Crippen LogP contribution in [0.1, 0.15) is 49.7 Å². The van der Waals surface area contributed by atoms with Gasteiger partial charge in [-0.1, -0.05) is 56.4 Å². The van der Waals surface area contributed by atoms with E-state index in [1.807, 2.05) is 38.1 Å². The molecule has 1 fully saturated rings. The summed E-state index contributed by atoms with van der Waals surface area (Å²) < 4.78 is 35.2. The summed E-state index contributed by atoms with van der Waals surface area (Å²) in [5, 5.41) is 3.53. The second-order valence-electron chi connectivity index (χ2n) is 9.71. The highest BCUT2D eigenvalue weighted by Crippen LogP contribution is 2.32. The van der Waals surface area contributed by atoms with E-state index in [-0.39, 0.29) is 16.9 Å². The quantitative estimate of drug-likeness (QED) is 0.487. The lowest BCUT2D eigenvalue weighted by molar-refractivity contribution is 0.247. The molecule has 1 aliphatic heterocycles. The fourth-order valence-electron chi connectivity index (χ4n) is 5.24. The minimum absolute atomic E-state index is 0.00270. The average molecular weight is 493 g/mol. The first kappa shape index (κ1) is 23.6. The Morgan fingerprint density at radius 1 is 0.971 bits per heavy atom. The van der Waals surface area contributed by atoms with E-state index in [9.17, 15) is 8.42 Å². The van der Waals surface area contributed by atoms with Crippen molar-refractivity contribution in [3.8, 4) is 17.1 Å². The maximum atomic E-state index is 13.2. The number of aromatic nitrogens is 2. The van der Waals surface area contributed by atoms with Crippen molar-refractivity contribution in [2.24, 2.45) is 5.92 Å². The minimum Gasteiger partial charge on any atom is -0.475 e. The van der Waals surface area contributed by atoms with E-state index < -0.39 is 10.0 Å². The van der Waals surface area contributed by atoms with Crippen molar-refractivity contribution < 1.29 is 13.2 Å². The van der Waals surface area contributed by atoms with Crippen LogP contribution in [0, 0.1) is 19.8 Å². The molecule has 4 bridgehead atoms. The summed E-state index contributed by atoms with van der Waals surface area (Å²) in [6.07, 6.45) is 7.27. The van der Waals surface area contributed by atoms with Gasteiger partial charge in [0.05, 0.1) is 16.6 Å². The van der Waals surface area contributed by atoms with Crippen molar-refractivity contribution in [1.29, 1.82) is 0 Å². The van der Waals surface area contributed by atoms with Gasteiger partial charge >= 0.3 is 0 Å². The van der Waals surface area contributed by atoms with Gasteiger partial charge in [0.15, 0.2) is 0 Å². The van der Waals surface area contributed by atoms with Gasteiger partial charge in [-0.15, -0.1) is 0 Å². The van der Waals surface area contributed by atoms with Crippen molar-refractivity contribution in [3.05, 3.63) is 59.7 Å². The summed E-state index contributed by atoms with van der Waals surface area (Å²) in [6.45, 7) is 4.46. The monoisotopic (exact) mass is 492 g/mol. The molecule has 0 spiro atoms. The number of sulfonamides is 1. The largest absolute Gasteiger partial charge is 0.475 e. The summed E-state index contributed by atoms with van der Waals surface area (Å²) in [6, 6.07) is 14.8. The fraction of sp³-hybridized carbons (Fsp3) is 0.407. The van der Waals surface area contributed by atoms with Crippen molar-refractivity contribution in [2.75, 3.05) is 16.6 Å². The van der Waals surface area contributed by atoms with E-state index in [0.29, 0.717) is 24.1 Å². The van der Waals surface area contributed by atoms with Crippen LogP contribution in [-0.4, -0.2) is 31.0 Å². The Bertz CT molecular complexity index is 1300. The first-order chi connectivity index (χ1) is 16.9. The highest BCUT2D eigenvalue weighted by Gasteiger charge is 2.23. The average Bonchev–Trinajstić information content (AvgIpc) is 2.82. The molecule has 184 valence electrons. The zero-order valence-corrected chi connectivity index (χ0v) is 21.1. The van der Waals surface area contributed by atoms with Crippen LogP contribution in [0.15, 0.2) is 53.4 Å². The molecule has 1 atom stereocenters. The molecule has 0 unspecified atom stereocenters. The van der Waals surface area contributed by atoms with Crippen LogP contribution >= 0.6 is 0 Å². The Balaban J connectivity index is 1.56. The number of fused-ring (bicyclic) bond motifs is 4. The number of aryl methyl sites for hydroxylation is 2. The molecule has 1 aliphatic carbocycles. The van der Waals surface area contributed by atoms with E-state index in [1.54, 1.807) is 24.3 Å². The number of nitrogens with zero attached hydrogens (tertiary/aromatic N) is 2. The second kappa shape index (κ2) is 9.85. The maximum Gasteiger partial charge on any atom is 0.264 e. The fourth-order valence-corrected chi connectivity index (χ4v) is 6.23. The normalized spacial score (nSPS) is 19.9. The molecule has 0 radical (unpaired) electrons. The van der Waals surface area contributed by atoms with Gasteiger partial charge in [-0.05, 0) is 55.5 Å². The predicted octanol–water partition coefficient (Wildman–Crippen LogP) is 5.70. The number of ether oxygens (including phenoxy) is 1. The highest BCUT2D eigenvalue weighted by atomic mass is 32.2. The van der Waals surface area contributed by atoms with Crippen LogP contribution in [0.2, 0.25) is 0 Å². The summed E-state index contributed by atoms with van der Waals surface area (Å²) >= 11 is 0. The molecular weight excluding hydrogens is 460 g/mol. The van der Waals surface area contributed by atoms with Crippen molar-refractivity contribution in [1.82, 2.24) is 9.97 Å². The summed E-state index contributed by atoms with van der Waals surface area (Å²) in [5.41, 5.74) is 4.44. The standard InChI is InChI=1S/C27H32N4O3S/c1-18-8-6-9-19(2)26(18)24-16-25-30-27(29-24)31-35(32,33)23-13-7-12-21(15-23)28-22(17-34-25)14-20-10-4-3-5-11-20/h6-9,12-13,15-16,20,22,28H,3-5,10-11,14,17H2,1-2H3,(H,29,30,31)/t22-/m1/s1. The third-order valence-electron chi connectivity index (χ3n) is 6.96. The number of nitrogens with one attached hydrogen (secondary N) is 2. The number of hydrogen-bond donors (Lipinski definition) is 2. The zero-order valence-electron chi connectivity index (χ0n) is 20.3. The summed E-state index contributed by atoms with van der Waals surface area (Å²) in [5.74, 6) is 0.996. The van der Waals surface area contributed by atoms with Crippen LogP contribution in [-0.2, 0) is 10.0 Å². The Kier molecular flexibility index (Phi) is 6.65. The molecule has 35 heavy (non-hydrogen) atoms. The molecule has 5 rings (SSSR count). The molecular formula is C27H32N4O3S. The maximum absolute atomic E-state index is 13.2. The third-order valence-corrected chi connectivity index (χ3v) is 8.28. The number of benzene rings is 2. The third kappa shape index (κ3) is 5.42. The molecule has 2 aromatic carbocycles. The Morgan fingerprint density at radius 3 is 2.49 bits per heavy atom. The van der Waals surface area contributed by atoms with Gasteiger partial charge in [0.2, 0.25) is 11.8 Å². The number of anilines is 2. The Morgan fingerprint density at radius 2 is 1.71 bits per heavy atom. The minimum atomic E-state index is -3.88. The Hall–Kier alpha value is -3.13. The van der Waals surface area contributed by atoms with Gasteiger partial charge < -0.3 is 10.1 Å². The predicted molar refractivity (Wildman–Crippen MR) is 138 cm³/mol.